The summed E-state index contributed by atoms with van der Waals surface area (Å²) in [5, 5.41) is 21.8. The fourth-order valence-corrected chi connectivity index (χ4v) is 2.37. The molecular formula is C17H19N5O3S. The summed E-state index contributed by atoms with van der Waals surface area (Å²) in [6.45, 7) is 1.56. The molecule has 0 N–H and O–H groups in total. The molecule has 0 bridgehead atoms. The van der Waals surface area contributed by atoms with Gasteiger partial charge in [0.2, 0.25) is 0 Å². The highest BCUT2D eigenvalue weighted by Gasteiger charge is 2.11. The first-order valence-electron chi connectivity index (χ1n) is 7.96. The Morgan fingerprint density at radius 1 is 1.15 bits per heavy atom. The molecule has 1 aromatic carbocycles. The van der Waals surface area contributed by atoms with Gasteiger partial charge in [0, 0.05) is 25.9 Å². The quantitative estimate of drug-likeness (QED) is 0.586. The molecule has 26 heavy (non-hydrogen) atoms. The molecule has 8 nitrogen and oxygen atoms in total. The van der Waals surface area contributed by atoms with Gasteiger partial charge in [0.15, 0.2) is 6.61 Å². The van der Waals surface area contributed by atoms with Gasteiger partial charge in [0.1, 0.15) is 11.5 Å². The molecule has 0 fully saturated rings. The zero-order valence-electron chi connectivity index (χ0n) is 14.4. The van der Waals surface area contributed by atoms with Crippen molar-refractivity contribution in [2.75, 3.05) is 20.2 Å². The smallest absolute Gasteiger partial charge is 0.288 e. The molecule has 0 unspecified atom stereocenters. The van der Waals surface area contributed by atoms with E-state index in [1.54, 1.807) is 31.4 Å². The number of aromatic nitrogens is 2. The van der Waals surface area contributed by atoms with Gasteiger partial charge in [-0.05, 0) is 36.5 Å². The van der Waals surface area contributed by atoms with Crippen LogP contribution in [0.1, 0.15) is 18.7 Å². The average Bonchev–Trinajstić information content (AvgIpc) is 3.02. The van der Waals surface area contributed by atoms with Crippen molar-refractivity contribution in [3.05, 3.63) is 35.0 Å². The number of methoxy groups -OCH3 is 1. The lowest BCUT2D eigenvalue weighted by Gasteiger charge is -2.18. The molecule has 2 rings (SSSR count). The maximum absolute atomic E-state index is 8.75. The summed E-state index contributed by atoms with van der Waals surface area (Å²) < 4.78 is 17.7. The van der Waals surface area contributed by atoms with Crippen molar-refractivity contribution in [3.63, 3.8) is 0 Å². The highest BCUT2D eigenvalue weighted by Crippen LogP contribution is 2.18. The van der Waals surface area contributed by atoms with Crippen molar-refractivity contribution in [2.45, 2.75) is 26.1 Å². The summed E-state index contributed by atoms with van der Waals surface area (Å²) in [7, 11) is 1.60. The Morgan fingerprint density at radius 2 is 1.77 bits per heavy atom. The molecule has 1 aromatic heterocycles. The fraction of sp³-hybridized carbons (Fsp3) is 0.412. The first kappa shape index (κ1) is 19.4. The Kier molecular flexibility index (Phi) is 7.62. The topological polar surface area (TPSA) is 100 Å². The van der Waals surface area contributed by atoms with Gasteiger partial charge in [0.25, 0.3) is 10.7 Å². The van der Waals surface area contributed by atoms with E-state index in [0.29, 0.717) is 44.2 Å². The van der Waals surface area contributed by atoms with E-state index in [1.807, 2.05) is 4.90 Å². The molecule has 1 heterocycles. The van der Waals surface area contributed by atoms with Crippen LogP contribution in [0.3, 0.4) is 0 Å². The number of rotatable bonds is 10. The Morgan fingerprint density at radius 3 is 2.35 bits per heavy atom. The molecule has 2 aromatic rings. The van der Waals surface area contributed by atoms with Crippen LogP contribution in [0.15, 0.2) is 28.7 Å². The largest absolute Gasteiger partial charge is 0.497 e. The van der Waals surface area contributed by atoms with Crippen LogP contribution in [0.5, 0.6) is 11.5 Å². The SMILES string of the molecule is COc1ccc(OCc2nn(CN(CCC#N)CCC#N)c(=S)o2)cc1. The molecular weight excluding hydrogens is 354 g/mol. The predicted molar refractivity (Wildman–Crippen MR) is 94.7 cm³/mol. The van der Waals surface area contributed by atoms with Crippen LogP contribution in [0, 0.1) is 27.5 Å². The normalized spacial score (nSPS) is 10.3. The van der Waals surface area contributed by atoms with Crippen molar-refractivity contribution >= 4 is 12.2 Å². The summed E-state index contributed by atoms with van der Waals surface area (Å²) in [5.41, 5.74) is 0. The van der Waals surface area contributed by atoms with Gasteiger partial charge in [-0.15, -0.1) is 5.10 Å². The number of nitriles is 2. The van der Waals surface area contributed by atoms with E-state index in [0.717, 1.165) is 5.75 Å². The maximum Gasteiger partial charge on any atom is 0.288 e. The summed E-state index contributed by atoms with van der Waals surface area (Å²) in [5.74, 6) is 1.76. The van der Waals surface area contributed by atoms with Gasteiger partial charge < -0.3 is 13.9 Å². The van der Waals surface area contributed by atoms with Gasteiger partial charge >= 0.3 is 0 Å². The molecule has 0 spiro atoms. The summed E-state index contributed by atoms with van der Waals surface area (Å²) >= 11 is 5.19. The van der Waals surface area contributed by atoms with Crippen LogP contribution in [-0.4, -0.2) is 34.9 Å². The molecule has 0 saturated carbocycles. The van der Waals surface area contributed by atoms with Crippen molar-refractivity contribution < 1.29 is 13.9 Å². The van der Waals surface area contributed by atoms with Gasteiger partial charge in [-0.2, -0.15) is 10.5 Å². The first-order chi connectivity index (χ1) is 12.7. The minimum atomic E-state index is 0.138. The molecule has 0 aliphatic carbocycles. The predicted octanol–water partition coefficient (Wildman–Crippen LogP) is 2.88. The Labute approximate surface area is 156 Å². The Bertz CT molecular complexity index is 814. The van der Waals surface area contributed by atoms with Crippen LogP contribution >= 0.6 is 12.2 Å². The van der Waals surface area contributed by atoms with E-state index in [9.17, 15) is 0 Å². The Hall–Kier alpha value is -2.88. The second-order valence-corrected chi connectivity index (χ2v) is 5.65. The number of hydrogen-bond donors (Lipinski definition) is 0. The number of ether oxygens (including phenoxy) is 2. The van der Waals surface area contributed by atoms with E-state index in [2.05, 4.69) is 17.2 Å². The standard InChI is InChI=1S/C17H19N5O3S/c1-23-14-4-6-15(7-5-14)24-12-16-20-22(17(26)25-16)13-21(10-2-8-18)11-3-9-19/h4-7H,2-3,10-13H2,1H3. The number of nitrogens with zero attached hydrogens (tertiary/aromatic N) is 5. The molecule has 0 radical (unpaired) electrons. The van der Waals surface area contributed by atoms with Crippen molar-refractivity contribution in [2.24, 2.45) is 0 Å². The van der Waals surface area contributed by atoms with E-state index in [-0.39, 0.29) is 11.4 Å². The summed E-state index contributed by atoms with van der Waals surface area (Å²) in [6, 6.07) is 11.4. The third-order valence-electron chi connectivity index (χ3n) is 3.48. The minimum Gasteiger partial charge on any atom is -0.497 e. The molecule has 9 heteroatoms. The van der Waals surface area contributed by atoms with E-state index >= 15 is 0 Å². The molecule has 0 aliphatic rings. The van der Waals surface area contributed by atoms with Gasteiger partial charge in [-0.1, -0.05) is 0 Å². The molecule has 0 atom stereocenters. The van der Waals surface area contributed by atoms with E-state index < -0.39 is 0 Å². The van der Waals surface area contributed by atoms with Gasteiger partial charge in [-0.3, -0.25) is 4.90 Å². The number of benzene rings is 1. The highest BCUT2D eigenvalue weighted by molar-refractivity contribution is 7.71. The monoisotopic (exact) mass is 373 g/mol. The van der Waals surface area contributed by atoms with Crippen LogP contribution in [0.2, 0.25) is 0 Å². The lowest BCUT2D eigenvalue weighted by Crippen LogP contribution is -2.29. The lowest BCUT2D eigenvalue weighted by atomic mass is 10.3. The van der Waals surface area contributed by atoms with E-state index in [4.69, 9.17) is 36.6 Å². The average molecular weight is 373 g/mol. The maximum atomic E-state index is 8.75. The molecule has 0 saturated heterocycles. The summed E-state index contributed by atoms with van der Waals surface area (Å²) in [6.07, 6.45) is 0.730. The van der Waals surface area contributed by atoms with Crippen molar-refractivity contribution in [1.29, 1.82) is 10.5 Å². The lowest BCUT2D eigenvalue weighted by molar-refractivity contribution is 0.211. The van der Waals surface area contributed by atoms with Crippen LogP contribution in [0.25, 0.3) is 0 Å². The fourth-order valence-electron chi connectivity index (χ4n) is 2.17. The molecule has 136 valence electrons. The second-order valence-electron chi connectivity index (χ2n) is 5.30. The number of hydrogen-bond acceptors (Lipinski definition) is 8. The van der Waals surface area contributed by atoms with Gasteiger partial charge in [-0.25, -0.2) is 4.68 Å². The first-order valence-corrected chi connectivity index (χ1v) is 8.37. The third kappa shape index (κ3) is 5.88. The minimum absolute atomic E-state index is 0.138. The van der Waals surface area contributed by atoms with Gasteiger partial charge in [0.05, 0.1) is 25.9 Å². The third-order valence-corrected chi connectivity index (χ3v) is 3.78. The van der Waals surface area contributed by atoms with Crippen molar-refractivity contribution in [1.82, 2.24) is 14.7 Å². The van der Waals surface area contributed by atoms with Crippen molar-refractivity contribution in [3.8, 4) is 23.6 Å². The molecule has 0 amide bonds. The highest BCUT2D eigenvalue weighted by atomic mass is 32.1. The zero-order chi connectivity index (χ0) is 18.8. The Balaban J connectivity index is 1.96. The second kappa shape index (κ2) is 10.2. The zero-order valence-corrected chi connectivity index (χ0v) is 15.2. The molecule has 0 aliphatic heterocycles. The van der Waals surface area contributed by atoms with E-state index in [1.165, 1.54) is 4.68 Å². The van der Waals surface area contributed by atoms with Crippen LogP contribution < -0.4 is 9.47 Å². The summed E-state index contributed by atoms with van der Waals surface area (Å²) in [4.78, 5) is 2.15. The van der Waals surface area contributed by atoms with Crippen LogP contribution in [-0.2, 0) is 13.3 Å². The van der Waals surface area contributed by atoms with Crippen LogP contribution in [0.4, 0.5) is 0 Å².